The van der Waals surface area contributed by atoms with E-state index in [1.165, 1.54) is 10.9 Å². The molecule has 1 aromatic heterocycles. The lowest BCUT2D eigenvalue weighted by atomic mass is 9.99. The Labute approximate surface area is 102 Å². The lowest BCUT2D eigenvalue weighted by Gasteiger charge is -2.09. The highest BCUT2D eigenvalue weighted by Crippen LogP contribution is 2.40. The molecule has 0 radical (unpaired) electrons. The lowest BCUT2D eigenvalue weighted by molar-refractivity contribution is 0.338. The summed E-state index contributed by atoms with van der Waals surface area (Å²) in [6, 6.07) is 0.825. The normalized spacial score (nSPS) is 13.5. The predicted octanol–water partition coefficient (Wildman–Crippen LogP) is 1.88. The molecular formula is C12H11F2N3O. The summed E-state index contributed by atoms with van der Waals surface area (Å²) in [4.78, 5) is 0. The van der Waals surface area contributed by atoms with Crippen LogP contribution in [-0.4, -0.2) is 16.4 Å². The molecule has 1 aliphatic heterocycles. The summed E-state index contributed by atoms with van der Waals surface area (Å²) in [5.74, 6) is -0.855. The Balaban J connectivity index is 2.30. The number of aryl methyl sites for hydroxylation is 1. The van der Waals surface area contributed by atoms with E-state index in [9.17, 15) is 8.78 Å². The van der Waals surface area contributed by atoms with E-state index in [1.54, 1.807) is 7.05 Å². The third-order valence-electron chi connectivity index (χ3n) is 3.14. The van der Waals surface area contributed by atoms with Gasteiger partial charge in [-0.25, -0.2) is 8.78 Å². The third kappa shape index (κ3) is 1.38. The SMILES string of the molecule is Cn1ncc(-c2c(F)cc(F)c3c2CCO3)c1N. The molecule has 0 aliphatic carbocycles. The van der Waals surface area contributed by atoms with Crippen LogP contribution < -0.4 is 10.5 Å². The third-order valence-corrected chi connectivity index (χ3v) is 3.14. The highest BCUT2D eigenvalue weighted by molar-refractivity contribution is 5.78. The van der Waals surface area contributed by atoms with E-state index in [-0.39, 0.29) is 11.3 Å². The van der Waals surface area contributed by atoms with Crippen molar-refractivity contribution in [3.63, 3.8) is 0 Å². The molecule has 4 nitrogen and oxygen atoms in total. The zero-order valence-corrected chi connectivity index (χ0v) is 9.70. The van der Waals surface area contributed by atoms with Crippen molar-refractivity contribution in [3.05, 3.63) is 29.5 Å². The van der Waals surface area contributed by atoms with Crippen LogP contribution in [0.5, 0.6) is 5.75 Å². The van der Waals surface area contributed by atoms with Crippen molar-refractivity contribution < 1.29 is 13.5 Å². The van der Waals surface area contributed by atoms with Crippen LogP contribution in [0.3, 0.4) is 0 Å². The van der Waals surface area contributed by atoms with E-state index in [1.807, 2.05) is 0 Å². The molecular weight excluding hydrogens is 240 g/mol. The molecule has 6 heteroatoms. The zero-order chi connectivity index (χ0) is 12.9. The highest BCUT2D eigenvalue weighted by atomic mass is 19.1. The van der Waals surface area contributed by atoms with Gasteiger partial charge in [0.1, 0.15) is 11.6 Å². The first-order valence-corrected chi connectivity index (χ1v) is 5.51. The summed E-state index contributed by atoms with van der Waals surface area (Å²) in [6.45, 7) is 0.350. The largest absolute Gasteiger partial charge is 0.490 e. The molecule has 0 unspecified atom stereocenters. The van der Waals surface area contributed by atoms with Crippen LogP contribution in [0, 0.1) is 11.6 Å². The van der Waals surface area contributed by atoms with E-state index >= 15 is 0 Å². The summed E-state index contributed by atoms with van der Waals surface area (Å²) in [5, 5.41) is 3.97. The van der Waals surface area contributed by atoms with Crippen LogP contribution in [0.15, 0.2) is 12.3 Å². The van der Waals surface area contributed by atoms with Gasteiger partial charge in [-0.2, -0.15) is 5.10 Å². The molecule has 1 aliphatic rings. The Morgan fingerprint density at radius 2 is 2.17 bits per heavy atom. The molecule has 2 aromatic rings. The van der Waals surface area contributed by atoms with E-state index in [0.717, 1.165) is 6.07 Å². The summed E-state index contributed by atoms with van der Waals surface area (Å²) in [7, 11) is 1.66. The second-order valence-electron chi connectivity index (χ2n) is 4.19. The standard InChI is InChI=1S/C12H11F2N3O/c1-17-12(15)7(5-16-17)10-6-2-3-18-11(6)9(14)4-8(10)13/h4-5H,2-3,15H2,1H3. The number of nitrogens with two attached hydrogens (primary N) is 1. The number of hydrogen-bond donors (Lipinski definition) is 1. The smallest absolute Gasteiger partial charge is 0.168 e. The number of halogens is 2. The van der Waals surface area contributed by atoms with E-state index in [4.69, 9.17) is 10.5 Å². The molecule has 3 rings (SSSR count). The van der Waals surface area contributed by atoms with Gasteiger partial charge in [0.25, 0.3) is 0 Å². The van der Waals surface area contributed by atoms with Crippen molar-refractivity contribution >= 4 is 5.82 Å². The number of fused-ring (bicyclic) bond motifs is 1. The first-order chi connectivity index (χ1) is 8.59. The van der Waals surface area contributed by atoms with E-state index < -0.39 is 11.6 Å². The molecule has 0 saturated carbocycles. The number of aromatic nitrogens is 2. The van der Waals surface area contributed by atoms with E-state index in [0.29, 0.717) is 30.0 Å². The van der Waals surface area contributed by atoms with Crippen molar-refractivity contribution in [1.29, 1.82) is 0 Å². The number of benzene rings is 1. The predicted molar refractivity (Wildman–Crippen MR) is 62.2 cm³/mol. The second-order valence-corrected chi connectivity index (χ2v) is 4.19. The minimum absolute atomic E-state index is 0.120. The first-order valence-electron chi connectivity index (χ1n) is 5.51. The number of ether oxygens (including phenoxy) is 1. The maximum absolute atomic E-state index is 14.0. The molecule has 0 saturated heterocycles. The maximum Gasteiger partial charge on any atom is 0.168 e. The minimum Gasteiger partial charge on any atom is -0.490 e. The van der Waals surface area contributed by atoms with Crippen LogP contribution in [0.2, 0.25) is 0 Å². The van der Waals surface area contributed by atoms with E-state index in [2.05, 4.69) is 5.10 Å². The topological polar surface area (TPSA) is 53.1 Å². The van der Waals surface area contributed by atoms with Crippen LogP contribution in [0.25, 0.3) is 11.1 Å². The van der Waals surface area contributed by atoms with Gasteiger partial charge in [-0.05, 0) is 0 Å². The Kier molecular flexibility index (Phi) is 2.26. The van der Waals surface area contributed by atoms with Gasteiger partial charge in [0.05, 0.1) is 12.8 Å². The molecule has 2 N–H and O–H groups in total. The Bertz CT molecular complexity index is 637. The van der Waals surface area contributed by atoms with Gasteiger partial charge >= 0.3 is 0 Å². The molecule has 2 heterocycles. The van der Waals surface area contributed by atoms with Crippen LogP contribution >= 0.6 is 0 Å². The van der Waals surface area contributed by atoms with Crippen molar-refractivity contribution in [3.8, 4) is 16.9 Å². The van der Waals surface area contributed by atoms with Gasteiger partial charge < -0.3 is 10.5 Å². The van der Waals surface area contributed by atoms with Gasteiger partial charge in [-0.1, -0.05) is 0 Å². The first kappa shape index (κ1) is 11.0. The summed E-state index contributed by atoms with van der Waals surface area (Å²) in [6.07, 6.45) is 1.94. The molecule has 94 valence electrons. The summed E-state index contributed by atoms with van der Waals surface area (Å²) < 4.78 is 34.2. The average molecular weight is 251 g/mol. The lowest BCUT2D eigenvalue weighted by Crippen LogP contribution is -2.00. The Hall–Kier alpha value is -2.11. The van der Waals surface area contributed by atoms with Gasteiger partial charge in [0.15, 0.2) is 11.6 Å². The van der Waals surface area contributed by atoms with Crippen LogP contribution in [-0.2, 0) is 13.5 Å². The Morgan fingerprint density at radius 3 is 2.83 bits per heavy atom. The molecule has 0 amide bonds. The molecule has 0 fully saturated rings. The van der Waals surface area contributed by atoms with Crippen LogP contribution in [0.4, 0.5) is 14.6 Å². The van der Waals surface area contributed by atoms with Crippen molar-refractivity contribution in [2.24, 2.45) is 7.05 Å². The molecule has 0 atom stereocenters. The quantitative estimate of drug-likeness (QED) is 0.842. The molecule has 18 heavy (non-hydrogen) atoms. The Morgan fingerprint density at radius 1 is 1.39 bits per heavy atom. The number of anilines is 1. The minimum atomic E-state index is -0.675. The van der Waals surface area contributed by atoms with Gasteiger partial charge in [0, 0.05) is 36.2 Å². The summed E-state index contributed by atoms with van der Waals surface area (Å²) in [5.41, 5.74) is 7.11. The molecule has 0 bridgehead atoms. The fourth-order valence-corrected chi connectivity index (χ4v) is 2.23. The van der Waals surface area contributed by atoms with Crippen molar-refractivity contribution in [2.75, 3.05) is 12.3 Å². The molecule has 1 aromatic carbocycles. The fraction of sp³-hybridized carbons (Fsp3) is 0.250. The monoisotopic (exact) mass is 251 g/mol. The van der Waals surface area contributed by atoms with Gasteiger partial charge in [-0.15, -0.1) is 0 Å². The number of nitrogens with zero attached hydrogens (tertiary/aromatic N) is 2. The second kappa shape index (κ2) is 3.69. The zero-order valence-electron chi connectivity index (χ0n) is 9.70. The van der Waals surface area contributed by atoms with Crippen molar-refractivity contribution in [1.82, 2.24) is 9.78 Å². The average Bonchev–Trinajstić information content (AvgIpc) is 2.91. The van der Waals surface area contributed by atoms with Crippen molar-refractivity contribution in [2.45, 2.75) is 6.42 Å². The summed E-state index contributed by atoms with van der Waals surface area (Å²) >= 11 is 0. The fourth-order valence-electron chi connectivity index (χ4n) is 2.23. The highest BCUT2D eigenvalue weighted by Gasteiger charge is 2.26. The molecule has 0 spiro atoms. The number of rotatable bonds is 1. The number of nitrogen functional groups attached to an aromatic ring is 1. The van der Waals surface area contributed by atoms with Gasteiger partial charge in [0.2, 0.25) is 0 Å². The maximum atomic E-state index is 14.0. The van der Waals surface area contributed by atoms with Crippen LogP contribution in [0.1, 0.15) is 5.56 Å². The number of hydrogen-bond acceptors (Lipinski definition) is 3. The van der Waals surface area contributed by atoms with Gasteiger partial charge in [-0.3, -0.25) is 4.68 Å².